The highest BCUT2D eigenvalue weighted by atomic mass is 35.5. The number of hydrogen-bond donors (Lipinski definition) is 0. The number of allylic oxidation sites excluding steroid dienone is 2. The second kappa shape index (κ2) is 4.94. The predicted molar refractivity (Wildman–Crippen MR) is 68.8 cm³/mol. The Morgan fingerprint density at radius 2 is 1.72 bits per heavy atom. The maximum absolute atomic E-state index is 12.2. The van der Waals surface area contributed by atoms with Crippen molar-refractivity contribution < 1.29 is 14.3 Å². The average Bonchev–Trinajstić information content (AvgIpc) is 2.40. The Bertz CT molecular complexity index is 546. The number of fused-ring (bicyclic) bond motifs is 1. The van der Waals surface area contributed by atoms with E-state index in [0.29, 0.717) is 11.1 Å². The molecule has 1 aliphatic rings. The molecule has 2 rings (SSSR count). The molecule has 18 heavy (non-hydrogen) atoms. The SMILES string of the molecule is CCC(C)OC1=C(Cl)C(=O)c2ccccc2C1=O. The quantitative estimate of drug-likeness (QED) is 0.841. The third-order valence-electron chi connectivity index (χ3n) is 2.92. The van der Waals surface area contributed by atoms with Gasteiger partial charge >= 0.3 is 0 Å². The van der Waals surface area contributed by atoms with Crippen LogP contribution in [0.3, 0.4) is 0 Å². The molecule has 0 saturated carbocycles. The van der Waals surface area contributed by atoms with Crippen LogP contribution in [0.2, 0.25) is 0 Å². The lowest BCUT2D eigenvalue weighted by molar-refractivity contribution is 0.0769. The second-order valence-corrected chi connectivity index (χ2v) is 4.56. The van der Waals surface area contributed by atoms with E-state index < -0.39 is 0 Å². The van der Waals surface area contributed by atoms with Crippen LogP contribution in [-0.2, 0) is 4.74 Å². The summed E-state index contributed by atoms with van der Waals surface area (Å²) in [6, 6.07) is 6.62. The molecule has 1 aromatic carbocycles. The molecule has 1 aliphatic carbocycles. The van der Waals surface area contributed by atoms with Crippen molar-refractivity contribution in [2.75, 3.05) is 0 Å². The summed E-state index contributed by atoms with van der Waals surface area (Å²) in [6.45, 7) is 3.76. The lowest BCUT2D eigenvalue weighted by atomic mass is 9.93. The maximum atomic E-state index is 12.2. The zero-order chi connectivity index (χ0) is 13.3. The number of ketones is 2. The molecule has 3 nitrogen and oxygen atoms in total. The van der Waals surface area contributed by atoms with Gasteiger partial charge in [-0.15, -0.1) is 0 Å². The van der Waals surface area contributed by atoms with Crippen LogP contribution in [0.15, 0.2) is 35.1 Å². The van der Waals surface area contributed by atoms with Gasteiger partial charge in [-0.25, -0.2) is 0 Å². The van der Waals surface area contributed by atoms with Crippen molar-refractivity contribution in [2.45, 2.75) is 26.4 Å². The van der Waals surface area contributed by atoms with Crippen LogP contribution in [0.4, 0.5) is 0 Å². The number of carbonyl (C=O) groups excluding carboxylic acids is 2. The van der Waals surface area contributed by atoms with E-state index in [0.717, 1.165) is 6.42 Å². The van der Waals surface area contributed by atoms with Gasteiger partial charge in [0.15, 0.2) is 5.76 Å². The van der Waals surface area contributed by atoms with Gasteiger partial charge in [0.25, 0.3) is 0 Å². The monoisotopic (exact) mass is 264 g/mol. The van der Waals surface area contributed by atoms with Gasteiger partial charge in [0.2, 0.25) is 11.6 Å². The molecule has 0 fully saturated rings. The molecule has 0 amide bonds. The third-order valence-corrected chi connectivity index (χ3v) is 3.26. The Hall–Kier alpha value is -1.61. The summed E-state index contributed by atoms with van der Waals surface area (Å²) in [4.78, 5) is 24.2. The first-order valence-electron chi connectivity index (χ1n) is 5.81. The highest BCUT2D eigenvalue weighted by molar-refractivity contribution is 6.49. The molecule has 4 heteroatoms. The Morgan fingerprint density at radius 1 is 1.17 bits per heavy atom. The summed E-state index contributed by atoms with van der Waals surface area (Å²) < 4.78 is 5.47. The standard InChI is InChI=1S/C14H13ClO3/c1-3-8(2)18-14-11(15)12(16)9-6-4-5-7-10(9)13(14)17/h4-8H,3H2,1-2H3. The Morgan fingerprint density at radius 3 is 2.28 bits per heavy atom. The first-order chi connectivity index (χ1) is 8.56. The fraction of sp³-hybridized carbons (Fsp3) is 0.286. The molecule has 94 valence electrons. The van der Waals surface area contributed by atoms with E-state index in [9.17, 15) is 9.59 Å². The molecule has 1 aromatic rings. The summed E-state index contributed by atoms with van der Waals surface area (Å²) in [5, 5.41) is -0.126. The lowest BCUT2D eigenvalue weighted by Gasteiger charge is -2.20. The highest BCUT2D eigenvalue weighted by Gasteiger charge is 2.33. The fourth-order valence-corrected chi connectivity index (χ4v) is 1.94. The molecular weight excluding hydrogens is 252 g/mol. The van der Waals surface area contributed by atoms with E-state index in [1.165, 1.54) is 0 Å². The normalized spacial score (nSPS) is 16.6. The van der Waals surface area contributed by atoms with Gasteiger partial charge in [-0.2, -0.15) is 0 Å². The van der Waals surface area contributed by atoms with E-state index in [4.69, 9.17) is 16.3 Å². The number of halogens is 1. The minimum Gasteiger partial charge on any atom is -0.485 e. The molecule has 0 aliphatic heterocycles. The van der Waals surface area contributed by atoms with Crippen molar-refractivity contribution in [2.24, 2.45) is 0 Å². The van der Waals surface area contributed by atoms with Gasteiger partial charge in [-0.3, -0.25) is 9.59 Å². The number of rotatable bonds is 3. The van der Waals surface area contributed by atoms with E-state index in [1.807, 2.05) is 13.8 Å². The number of ether oxygens (including phenoxy) is 1. The Kier molecular flexibility index (Phi) is 3.53. The van der Waals surface area contributed by atoms with Crippen molar-refractivity contribution in [1.29, 1.82) is 0 Å². The van der Waals surface area contributed by atoms with E-state index in [2.05, 4.69) is 0 Å². The van der Waals surface area contributed by atoms with Crippen LogP contribution in [0.25, 0.3) is 0 Å². The van der Waals surface area contributed by atoms with Gasteiger partial charge in [0, 0.05) is 11.1 Å². The molecule has 0 radical (unpaired) electrons. The van der Waals surface area contributed by atoms with Crippen LogP contribution >= 0.6 is 11.6 Å². The van der Waals surface area contributed by atoms with E-state index in [-0.39, 0.29) is 28.5 Å². The molecule has 0 N–H and O–H groups in total. The van der Waals surface area contributed by atoms with Crippen molar-refractivity contribution in [3.63, 3.8) is 0 Å². The molecule has 0 bridgehead atoms. The largest absolute Gasteiger partial charge is 0.485 e. The van der Waals surface area contributed by atoms with Crippen molar-refractivity contribution in [3.05, 3.63) is 46.2 Å². The summed E-state index contributed by atoms with van der Waals surface area (Å²) in [5.74, 6) is -0.713. The lowest BCUT2D eigenvalue weighted by Crippen LogP contribution is -2.23. The summed E-state index contributed by atoms with van der Waals surface area (Å²) in [7, 11) is 0. The van der Waals surface area contributed by atoms with E-state index in [1.54, 1.807) is 24.3 Å². The summed E-state index contributed by atoms with van der Waals surface area (Å²) in [6.07, 6.45) is 0.576. The molecular formula is C14H13ClO3. The third kappa shape index (κ3) is 2.06. The van der Waals surface area contributed by atoms with Gasteiger partial charge < -0.3 is 4.74 Å². The average molecular weight is 265 g/mol. The smallest absolute Gasteiger partial charge is 0.230 e. The first-order valence-corrected chi connectivity index (χ1v) is 6.19. The van der Waals surface area contributed by atoms with Gasteiger partial charge in [0.1, 0.15) is 5.03 Å². The van der Waals surface area contributed by atoms with Crippen LogP contribution in [-0.4, -0.2) is 17.7 Å². The Labute approximate surface area is 110 Å². The van der Waals surface area contributed by atoms with Gasteiger partial charge in [-0.05, 0) is 13.3 Å². The minimum atomic E-state index is -0.356. The molecule has 1 unspecified atom stereocenters. The number of carbonyl (C=O) groups is 2. The van der Waals surface area contributed by atoms with Crippen LogP contribution in [0, 0.1) is 0 Å². The van der Waals surface area contributed by atoms with Gasteiger partial charge in [-0.1, -0.05) is 42.8 Å². The molecule has 0 aromatic heterocycles. The van der Waals surface area contributed by atoms with Gasteiger partial charge in [0.05, 0.1) is 6.10 Å². The van der Waals surface area contributed by atoms with Crippen molar-refractivity contribution >= 4 is 23.2 Å². The van der Waals surface area contributed by atoms with Crippen LogP contribution < -0.4 is 0 Å². The highest BCUT2D eigenvalue weighted by Crippen LogP contribution is 2.29. The molecule has 1 atom stereocenters. The topological polar surface area (TPSA) is 43.4 Å². The minimum absolute atomic E-state index is 0.0327. The van der Waals surface area contributed by atoms with Crippen molar-refractivity contribution in [1.82, 2.24) is 0 Å². The summed E-state index contributed by atoms with van der Waals surface area (Å²) in [5.41, 5.74) is 0.689. The zero-order valence-corrected chi connectivity index (χ0v) is 11.0. The van der Waals surface area contributed by atoms with E-state index >= 15 is 0 Å². The molecule has 0 saturated heterocycles. The second-order valence-electron chi connectivity index (χ2n) is 4.18. The molecule has 0 heterocycles. The van der Waals surface area contributed by atoms with Crippen LogP contribution in [0.1, 0.15) is 41.0 Å². The zero-order valence-electron chi connectivity index (χ0n) is 10.2. The Balaban J connectivity index is 2.46. The number of benzene rings is 1. The molecule has 0 spiro atoms. The number of hydrogen-bond acceptors (Lipinski definition) is 3. The number of Topliss-reactive ketones (excluding diaryl/α,β-unsaturated/α-hetero) is 2. The first kappa shape index (κ1) is 12.8. The van der Waals surface area contributed by atoms with Crippen molar-refractivity contribution in [3.8, 4) is 0 Å². The predicted octanol–water partition coefficient (Wildman–Crippen LogP) is 3.33. The summed E-state index contributed by atoms with van der Waals surface area (Å²) >= 11 is 5.94. The van der Waals surface area contributed by atoms with Crippen LogP contribution in [0.5, 0.6) is 0 Å². The fourth-order valence-electron chi connectivity index (χ4n) is 1.71. The maximum Gasteiger partial charge on any atom is 0.230 e.